The Bertz CT molecular complexity index is 704. The van der Waals surface area contributed by atoms with Gasteiger partial charge in [0.2, 0.25) is 5.91 Å². The Hall–Kier alpha value is -1.80. The van der Waals surface area contributed by atoms with E-state index in [1.807, 2.05) is 25.1 Å². The molecule has 26 heavy (non-hydrogen) atoms. The SMILES string of the molecule is COc1cc(C(C)NC(=O)C(N)CCS(C)(=O)=O)ccc1OCC(C)C. The molecule has 0 bridgehead atoms. The Balaban J connectivity index is 2.74. The van der Waals surface area contributed by atoms with E-state index in [4.69, 9.17) is 15.2 Å². The van der Waals surface area contributed by atoms with Gasteiger partial charge >= 0.3 is 0 Å². The zero-order chi connectivity index (χ0) is 19.9. The fourth-order valence-electron chi connectivity index (χ4n) is 2.21. The lowest BCUT2D eigenvalue weighted by atomic mass is 10.1. The summed E-state index contributed by atoms with van der Waals surface area (Å²) in [7, 11) is -1.59. The van der Waals surface area contributed by atoms with Crippen molar-refractivity contribution >= 4 is 15.7 Å². The number of sulfone groups is 1. The molecule has 1 aromatic rings. The highest BCUT2D eigenvalue weighted by molar-refractivity contribution is 7.90. The van der Waals surface area contributed by atoms with Crippen LogP contribution in [0.1, 0.15) is 38.8 Å². The third kappa shape index (κ3) is 7.61. The van der Waals surface area contributed by atoms with Crippen molar-refractivity contribution < 1.29 is 22.7 Å². The van der Waals surface area contributed by atoms with Crippen LogP contribution in [-0.2, 0) is 14.6 Å². The predicted octanol–water partition coefficient (Wildman–Crippen LogP) is 1.67. The van der Waals surface area contributed by atoms with Crippen LogP contribution in [0.4, 0.5) is 0 Å². The van der Waals surface area contributed by atoms with Crippen LogP contribution in [0.3, 0.4) is 0 Å². The van der Waals surface area contributed by atoms with E-state index in [1.165, 1.54) is 0 Å². The topological polar surface area (TPSA) is 108 Å². The second-order valence-corrected chi connectivity index (χ2v) is 9.13. The molecule has 148 valence electrons. The Morgan fingerprint density at radius 1 is 1.23 bits per heavy atom. The zero-order valence-electron chi connectivity index (χ0n) is 16.1. The van der Waals surface area contributed by atoms with Crippen molar-refractivity contribution in [3.05, 3.63) is 23.8 Å². The van der Waals surface area contributed by atoms with Crippen LogP contribution in [-0.4, -0.2) is 46.1 Å². The van der Waals surface area contributed by atoms with Crippen LogP contribution in [0.15, 0.2) is 18.2 Å². The summed E-state index contributed by atoms with van der Waals surface area (Å²) < 4.78 is 33.5. The number of carbonyl (C=O) groups is 1. The minimum atomic E-state index is -3.15. The first-order valence-corrected chi connectivity index (χ1v) is 10.6. The van der Waals surface area contributed by atoms with E-state index in [9.17, 15) is 13.2 Å². The molecule has 0 aromatic heterocycles. The van der Waals surface area contributed by atoms with Gasteiger partial charge in [0.05, 0.1) is 31.6 Å². The average molecular weight is 387 g/mol. The standard InChI is InChI=1S/C18H30N2O5S/c1-12(2)11-25-16-7-6-14(10-17(16)24-4)13(3)20-18(21)15(19)8-9-26(5,22)23/h6-7,10,12-13,15H,8-9,11,19H2,1-5H3,(H,20,21). The van der Waals surface area contributed by atoms with Crippen molar-refractivity contribution in [3.63, 3.8) is 0 Å². The second-order valence-electron chi connectivity index (χ2n) is 6.87. The van der Waals surface area contributed by atoms with Gasteiger partial charge in [-0.3, -0.25) is 4.79 Å². The highest BCUT2D eigenvalue weighted by Gasteiger charge is 2.19. The molecule has 2 atom stereocenters. The molecule has 0 aliphatic carbocycles. The molecule has 7 nitrogen and oxygen atoms in total. The van der Waals surface area contributed by atoms with Crippen LogP contribution in [0, 0.1) is 5.92 Å². The van der Waals surface area contributed by atoms with Gasteiger partial charge in [-0.05, 0) is 37.0 Å². The number of amides is 1. The summed E-state index contributed by atoms with van der Waals surface area (Å²) in [4.78, 5) is 12.2. The number of carbonyl (C=O) groups excluding carboxylic acids is 1. The van der Waals surface area contributed by atoms with Crippen LogP contribution in [0.25, 0.3) is 0 Å². The molecule has 0 aliphatic heterocycles. The molecule has 0 aliphatic rings. The van der Waals surface area contributed by atoms with E-state index in [2.05, 4.69) is 19.2 Å². The molecule has 2 unspecified atom stereocenters. The number of hydrogen-bond donors (Lipinski definition) is 2. The van der Waals surface area contributed by atoms with E-state index in [0.29, 0.717) is 24.0 Å². The Kier molecular flexibility index (Phi) is 8.36. The van der Waals surface area contributed by atoms with Crippen LogP contribution in [0.5, 0.6) is 11.5 Å². The van der Waals surface area contributed by atoms with Crippen molar-refractivity contribution in [2.75, 3.05) is 25.7 Å². The van der Waals surface area contributed by atoms with Gasteiger partial charge in [-0.15, -0.1) is 0 Å². The van der Waals surface area contributed by atoms with Gasteiger partial charge in [-0.2, -0.15) is 0 Å². The number of nitrogens with one attached hydrogen (secondary N) is 1. The normalized spacial score (nSPS) is 14.0. The Morgan fingerprint density at radius 3 is 2.42 bits per heavy atom. The fourth-order valence-corrected chi connectivity index (χ4v) is 2.89. The van der Waals surface area contributed by atoms with Crippen LogP contribution in [0.2, 0.25) is 0 Å². The van der Waals surface area contributed by atoms with Crippen molar-refractivity contribution in [1.82, 2.24) is 5.32 Å². The molecule has 0 spiro atoms. The van der Waals surface area contributed by atoms with E-state index in [1.54, 1.807) is 7.11 Å². The van der Waals surface area contributed by atoms with Gasteiger partial charge < -0.3 is 20.5 Å². The molecule has 0 saturated carbocycles. The summed E-state index contributed by atoms with van der Waals surface area (Å²) in [5.74, 6) is 1.12. The number of methoxy groups -OCH3 is 1. The number of rotatable bonds is 10. The maximum absolute atomic E-state index is 12.2. The third-order valence-corrected chi connectivity index (χ3v) is 4.73. The lowest BCUT2D eigenvalue weighted by molar-refractivity contribution is -0.123. The number of ether oxygens (including phenoxy) is 2. The highest BCUT2D eigenvalue weighted by atomic mass is 32.2. The predicted molar refractivity (Wildman–Crippen MR) is 102 cm³/mol. The number of hydrogen-bond acceptors (Lipinski definition) is 6. The molecule has 0 fully saturated rings. The summed E-state index contributed by atoms with van der Waals surface area (Å²) in [6.45, 7) is 6.53. The summed E-state index contributed by atoms with van der Waals surface area (Å²) in [5, 5.41) is 2.80. The fraction of sp³-hybridized carbons (Fsp3) is 0.611. The maximum atomic E-state index is 12.2. The molecule has 1 rings (SSSR count). The zero-order valence-corrected chi connectivity index (χ0v) is 16.9. The molecular weight excluding hydrogens is 356 g/mol. The van der Waals surface area contributed by atoms with Gasteiger partial charge in [-0.1, -0.05) is 19.9 Å². The van der Waals surface area contributed by atoms with Gasteiger partial charge in [0.25, 0.3) is 0 Å². The van der Waals surface area contributed by atoms with Crippen molar-refractivity contribution in [2.24, 2.45) is 11.7 Å². The molecule has 0 saturated heterocycles. The van der Waals surface area contributed by atoms with E-state index >= 15 is 0 Å². The van der Waals surface area contributed by atoms with E-state index in [0.717, 1.165) is 11.8 Å². The van der Waals surface area contributed by atoms with Crippen molar-refractivity contribution in [2.45, 2.75) is 39.3 Å². The van der Waals surface area contributed by atoms with Gasteiger partial charge in [0, 0.05) is 6.26 Å². The first kappa shape index (κ1) is 22.2. The van der Waals surface area contributed by atoms with Crippen molar-refractivity contribution in [1.29, 1.82) is 0 Å². The van der Waals surface area contributed by atoms with Crippen LogP contribution < -0.4 is 20.5 Å². The van der Waals surface area contributed by atoms with Gasteiger partial charge in [0.1, 0.15) is 9.84 Å². The molecule has 3 N–H and O–H groups in total. The van der Waals surface area contributed by atoms with E-state index < -0.39 is 15.9 Å². The Labute approximate surface area is 156 Å². The number of benzene rings is 1. The average Bonchev–Trinajstić information content (AvgIpc) is 2.56. The smallest absolute Gasteiger partial charge is 0.237 e. The van der Waals surface area contributed by atoms with Gasteiger partial charge in [0.15, 0.2) is 11.5 Å². The monoisotopic (exact) mass is 386 g/mol. The summed E-state index contributed by atoms with van der Waals surface area (Å²) >= 11 is 0. The van der Waals surface area contributed by atoms with Crippen molar-refractivity contribution in [3.8, 4) is 11.5 Å². The van der Waals surface area contributed by atoms with Crippen LogP contribution >= 0.6 is 0 Å². The summed E-state index contributed by atoms with van der Waals surface area (Å²) in [6.07, 6.45) is 1.21. The van der Waals surface area contributed by atoms with E-state index in [-0.39, 0.29) is 24.1 Å². The quantitative estimate of drug-likeness (QED) is 0.633. The minimum Gasteiger partial charge on any atom is -0.493 e. The minimum absolute atomic E-state index is 0.0860. The number of nitrogens with two attached hydrogens (primary N) is 1. The second kappa shape index (κ2) is 9.78. The maximum Gasteiger partial charge on any atom is 0.237 e. The van der Waals surface area contributed by atoms with Gasteiger partial charge in [-0.25, -0.2) is 8.42 Å². The molecule has 0 heterocycles. The first-order chi connectivity index (χ1) is 12.0. The largest absolute Gasteiger partial charge is 0.493 e. The molecule has 1 aromatic carbocycles. The first-order valence-electron chi connectivity index (χ1n) is 8.58. The lowest BCUT2D eigenvalue weighted by Crippen LogP contribution is -2.42. The molecular formula is C18H30N2O5S. The highest BCUT2D eigenvalue weighted by Crippen LogP contribution is 2.30. The Morgan fingerprint density at radius 2 is 1.88 bits per heavy atom. The lowest BCUT2D eigenvalue weighted by Gasteiger charge is -2.19. The molecule has 1 amide bonds. The molecule has 0 radical (unpaired) electrons. The summed E-state index contributed by atoms with van der Waals surface area (Å²) in [6, 6.07) is 4.29. The third-order valence-electron chi connectivity index (χ3n) is 3.76. The summed E-state index contributed by atoms with van der Waals surface area (Å²) in [5.41, 5.74) is 6.61. The molecule has 8 heteroatoms.